The molecular formula is C41H46N4O5. The number of hydrogen-bond donors (Lipinski definition) is 2. The number of allylic oxidation sites excluding steroid dienone is 3. The van der Waals surface area contributed by atoms with Crippen molar-refractivity contribution < 1.29 is 19.8 Å². The van der Waals surface area contributed by atoms with E-state index in [9.17, 15) is 24.6 Å². The van der Waals surface area contributed by atoms with Crippen molar-refractivity contribution >= 4 is 28.3 Å². The van der Waals surface area contributed by atoms with Crippen molar-refractivity contribution in [3.63, 3.8) is 0 Å². The zero-order valence-electron chi connectivity index (χ0n) is 29.3. The third kappa shape index (κ3) is 7.85. The molecule has 4 aromatic rings. The summed E-state index contributed by atoms with van der Waals surface area (Å²) >= 11 is 0. The highest BCUT2D eigenvalue weighted by Gasteiger charge is 2.52. The van der Waals surface area contributed by atoms with E-state index in [2.05, 4.69) is 25.0 Å². The van der Waals surface area contributed by atoms with Crippen molar-refractivity contribution in [3.8, 4) is 5.69 Å². The number of anilines is 1. The number of amides is 2. The van der Waals surface area contributed by atoms with Crippen molar-refractivity contribution in [2.75, 3.05) is 24.6 Å². The number of carbonyl (C=O) groups excluding carboxylic acids is 2. The number of carbonyl (C=O) groups is 2. The molecule has 2 amide bonds. The van der Waals surface area contributed by atoms with Crippen molar-refractivity contribution in [2.45, 2.75) is 59.1 Å². The lowest BCUT2D eigenvalue weighted by Gasteiger charge is -2.28. The van der Waals surface area contributed by atoms with Gasteiger partial charge in [0.25, 0.3) is 11.5 Å². The lowest BCUT2D eigenvalue weighted by Crippen LogP contribution is -2.44. The molecule has 5 rings (SSSR count). The first kappa shape index (κ1) is 36.2. The summed E-state index contributed by atoms with van der Waals surface area (Å²) in [5, 5.41) is 27.6. The van der Waals surface area contributed by atoms with Crippen LogP contribution >= 0.6 is 0 Å². The Morgan fingerprint density at radius 3 is 2.48 bits per heavy atom. The second-order valence-corrected chi connectivity index (χ2v) is 13.1. The van der Waals surface area contributed by atoms with Gasteiger partial charge in [0.2, 0.25) is 5.91 Å². The van der Waals surface area contributed by atoms with Gasteiger partial charge in [0.15, 0.2) is 5.60 Å². The summed E-state index contributed by atoms with van der Waals surface area (Å²) in [4.78, 5) is 44.1. The van der Waals surface area contributed by atoms with Crippen molar-refractivity contribution in [3.05, 3.63) is 136 Å². The number of aliphatic hydroxyl groups is 2. The van der Waals surface area contributed by atoms with Crippen LogP contribution in [0.4, 0.5) is 5.69 Å². The normalized spacial score (nSPS) is 16.6. The molecule has 3 aromatic carbocycles. The topological polar surface area (TPSA) is 116 Å². The van der Waals surface area contributed by atoms with Gasteiger partial charge in [-0.25, -0.2) is 0 Å². The number of aromatic nitrogens is 2. The fraction of sp³-hybridized carbons (Fsp3) is 0.317. The number of fused-ring (bicyclic) bond motifs is 2. The van der Waals surface area contributed by atoms with Gasteiger partial charge in [-0.2, -0.15) is 9.78 Å². The van der Waals surface area contributed by atoms with E-state index < -0.39 is 17.4 Å². The lowest BCUT2D eigenvalue weighted by atomic mass is 9.82. The highest BCUT2D eigenvalue weighted by molar-refractivity contribution is 6.07. The highest BCUT2D eigenvalue weighted by Crippen LogP contribution is 2.46. The minimum absolute atomic E-state index is 0.0298. The average molecular weight is 675 g/mol. The molecule has 0 fully saturated rings. The van der Waals surface area contributed by atoms with Gasteiger partial charge in [-0.15, -0.1) is 0 Å². The van der Waals surface area contributed by atoms with Crippen LogP contribution in [0.5, 0.6) is 0 Å². The number of nitrogens with zero attached hydrogens (tertiary/aromatic N) is 4. The molecule has 0 aliphatic carbocycles. The summed E-state index contributed by atoms with van der Waals surface area (Å²) in [6.07, 6.45) is 11.0. The first-order chi connectivity index (χ1) is 24.0. The van der Waals surface area contributed by atoms with Crippen LogP contribution in [-0.4, -0.2) is 56.4 Å². The second kappa shape index (κ2) is 16.1. The van der Waals surface area contributed by atoms with E-state index >= 15 is 0 Å². The van der Waals surface area contributed by atoms with Crippen LogP contribution in [0.3, 0.4) is 0 Å². The van der Waals surface area contributed by atoms with Crippen LogP contribution in [-0.2, 0) is 21.7 Å². The highest BCUT2D eigenvalue weighted by atomic mass is 16.3. The fourth-order valence-corrected chi connectivity index (χ4v) is 6.32. The zero-order chi connectivity index (χ0) is 35.8. The van der Waals surface area contributed by atoms with Gasteiger partial charge in [-0.3, -0.25) is 14.4 Å². The van der Waals surface area contributed by atoms with Crippen molar-refractivity contribution in [1.29, 1.82) is 0 Å². The Kier molecular flexibility index (Phi) is 11.6. The maximum atomic E-state index is 14.2. The van der Waals surface area contributed by atoms with E-state index in [0.717, 1.165) is 24.0 Å². The standard InChI is InChI=1S/C41H46N4O5/c1-29(2)12-10-13-30(3)22-23-44-37-21-20-34(45-39(48)35-18-9-8-17-33(35)27-42-45)26-36(37)41(50,40(44)49)31(4)14-11-19-38(47)43(24-25-46)28-32-15-6-5-7-16-32/h5-9,11-12,14-18,20-22,26-27,31,46,50H,10,13,19,23-25,28H2,1-4H3/b14-11+,30-22+/t31-,41+/m1/s1. The molecule has 0 saturated carbocycles. The number of benzene rings is 3. The van der Waals surface area contributed by atoms with Crippen LogP contribution in [0, 0.1) is 5.92 Å². The lowest BCUT2D eigenvalue weighted by molar-refractivity contribution is -0.139. The summed E-state index contributed by atoms with van der Waals surface area (Å²) in [7, 11) is 0. The minimum Gasteiger partial charge on any atom is -0.395 e. The Bertz CT molecular complexity index is 1990. The van der Waals surface area contributed by atoms with Gasteiger partial charge < -0.3 is 20.0 Å². The smallest absolute Gasteiger partial charge is 0.279 e. The molecule has 260 valence electrons. The maximum Gasteiger partial charge on any atom is 0.279 e. The van der Waals surface area contributed by atoms with E-state index in [1.54, 1.807) is 65.4 Å². The predicted octanol–water partition coefficient (Wildman–Crippen LogP) is 6.22. The number of rotatable bonds is 14. The van der Waals surface area contributed by atoms with Crippen LogP contribution in [0.15, 0.2) is 119 Å². The molecule has 2 N–H and O–H groups in total. The monoisotopic (exact) mass is 674 g/mol. The Morgan fingerprint density at radius 2 is 1.74 bits per heavy atom. The van der Waals surface area contributed by atoms with E-state index in [1.807, 2.05) is 55.5 Å². The van der Waals surface area contributed by atoms with Gasteiger partial charge in [-0.05, 0) is 63.4 Å². The molecule has 0 spiro atoms. The predicted molar refractivity (Wildman–Crippen MR) is 198 cm³/mol. The van der Waals surface area contributed by atoms with Crippen molar-refractivity contribution in [2.24, 2.45) is 5.92 Å². The molecule has 50 heavy (non-hydrogen) atoms. The molecule has 0 unspecified atom stereocenters. The number of hydrogen-bond acceptors (Lipinski definition) is 6. The van der Waals surface area contributed by atoms with Gasteiger partial charge >= 0.3 is 0 Å². The first-order valence-electron chi connectivity index (χ1n) is 17.1. The van der Waals surface area contributed by atoms with Crippen molar-refractivity contribution in [1.82, 2.24) is 14.7 Å². The summed E-state index contributed by atoms with van der Waals surface area (Å²) < 4.78 is 1.28. The molecule has 0 bridgehead atoms. The second-order valence-electron chi connectivity index (χ2n) is 13.1. The molecule has 0 radical (unpaired) electrons. The third-order valence-electron chi connectivity index (χ3n) is 9.22. The largest absolute Gasteiger partial charge is 0.395 e. The molecular weight excluding hydrogens is 628 g/mol. The SMILES string of the molecule is CC(C)=CCC/C(C)=C/CN1C(=O)[C@](O)([C@H](C)/C=C/CC(=O)N(CCO)Cc2ccccc2)c2cc(-n3ncc4ccccc4c3=O)ccc21. The van der Waals surface area contributed by atoms with Crippen LogP contribution < -0.4 is 10.5 Å². The summed E-state index contributed by atoms with van der Waals surface area (Å²) in [5.41, 5.74) is 2.40. The van der Waals surface area contributed by atoms with Crippen LogP contribution in [0.1, 0.15) is 58.1 Å². The van der Waals surface area contributed by atoms with Crippen LogP contribution in [0.25, 0.3) is 16.5 Å². The summed E-state index contributed by atoms with van der Waals surface area (Å²) in [6.45, 7) is 8.57. The van der Waals surface area contributed by atoms with E-state index in [0.29, 0.717) is 34.3 Å². The minimum atomic E-state index is -1.97. The number of aliphatic hydroxyl groups excluding tert-OH is 1. The summed E-state index contributed by atoms with van der Waals surface area (Å²) in [5.74, 6) is -1.39. The van der Waals surface area contributed by atoms with E-state index in [4.69, 9.17) is 0 Å². The molecule has 2 atom stereocenters. The molecule has 0 saturated heterocycles. The van der Waals surface area contributed by atoms with Gasteiger partial charge in [-0.1, -0.05) is 90.9 Å². The van der Waals surface area contributed by atoms with Crippen LogP contribution in [0.2, 0.25) is 0 Å². The molecule has 9 heteroatoms. The molecule has 2 heterocycles. The van der Waals surface area contributed by atoms with Gasteiger partial charge in [0.1, 0.15) is 0 Å². The summed E-state index contributed by atoms with van der Waals surface area (Å²) in [6, 6.07) is 21.9. The average Bonchev–Trinajstić information content (AvgIpc) is 3.33. The van der Waals surface area contributed by atoms with Gasteiger partial charge in [0, 0.05) is 42.9 Å². The first-order valence-corrected chi connectivity index (χ1v) is 17.1. The Hall–Kier alpha value is -5.12. The quantitative estimate of drug-likeness (QED) is 0.154. The fourth-order valence-electron chi connectivity index (χ4n) is 6.32. The Balaban J connectivity index is 1.45. The van der Waals surface area contributed by atoms with Gasteiger partial charge in [0.05, 0.1) is 29.6 Å². The molecule has 1 aromatic heterocycles. The zero-order valence-corrected chi connectivity index (χ0v) is 29.3. The Morgan fingerprint density at radius 1 is 1.00 bits per heavy atom. The van der Waals surface area contributed by atoms with E-state index in [-0.39, 0.29) is 37.6 Å². The molecule has 1 aliphatic rings. The third-order valence-corrected chi connectivity index (χ3v) is 9.22. The Labute approximate surface area is 293 Å². The molecule has 9 nitrogen and oxygen atoms in total. The maximum absolute atomic E-state index is 14.2. The molecule has 1 aliphatic heterocycles. The van der Waals surface area contributed by atoms with E-state index in [1.165, 1.54) is 10.3 Å².